The van der Waals surface area contributed by atoms with Crippen LogP contribution in [0.5, 0.6) is 0 Å². The van der Waals surface area contributed by atoms with Gasteiger partial charge in [-0.1, -0.05) is 34.6 Å². The smallest absolute Gasteiger partial charge is 0.237 e. The van der Waals surface area contributed by atoms with Crippen LogP contribution in [0.1, 0.15) is 41.0 Å². The molecular weight excluding hydrogens is 188 g/mol. The van der Waals surface area contributed by atoms with Crippen molar-refractivity contribution in [2.75, 3.05) is 6.54 Å². The van der Waals surface area contributed by atoms with Crippen LogP contribution in [-0.4, -0.2) is 24.5 Å². The summed E-state index contributed by atoms with van der Waals surface area (Å²) in [6.07, 6.45) is 0.919. The van der Waals surface area contributed by atoms with Crippen molar-refractivity contribution in [3.8, 4) is 0 Å². The average molecular weight is 212 g/mol. The van der Waals surface area contributed by atoms with E-state index in [1.807, 2.05) is 0 Å². The molecule has 0 aromatic rings. The van der Waals surface area contributed by atoms with Crippen molar-refractivity contribution in [2.24, 2.45) is 11.3 Å². The molecule has 0 saturated carbocycles. The molecule has 1 aliphatic rings. The minimum atomic E-state index is 0.00333. The van der Waals surface area contributed by atoms with E-state index in [1.165, 1.54) is 0 Å². The maximum Gasteiger partial charge on any atom is 0.237 e. The molecule has 0 spiro atoms. The second-order valence-corrected chi connectivity index (χ2v) is 6.02. The highest BCUT2D eigenvalue weighted by molar-refractivity contribution is 5.82. The zero-order valence-corrected chi connectivity index (χ0v) is 10.6. The van der Waals surface area contributed by atoms with Gasteiger partial charge >= 0.3 is 0 Å². The average Bonchev–Trinajstić information content (AvgIpc) is 2.05. The van der Waals surface area contributed by atoms with Gasteiger partial charge in [-0.2, -0.15) is 0 Å². The van der Waals surface area contributed by atoms with Gasteiger partial charge in [0.25, 0.3) is 0 Å². The minimum absolute atomic E-state index is 0.00333. The maximum atomic E-state index is 11.8. The van der Waals surface area contributed by atoms with Crippen LogP contribution in [0, 0.1) is 11.3 Å². The molecule has 0 bridgehead atoms. The van der Waals surface area contributed by atoms with E-state index >= 15 is 0 Å². The molecule has 0 aromatic heterocycles. The van der Waals surface area contributed by atoms with Crippen molar-refractivity contribution in [3.63, 3.8) is 0 Å². The van der Waals surface area contributed by atoms with Gasteiger partial charge in [0.05, 0.1) is 6.04 Å². The molecule has 1 aliphatic heterocycles. The molecule has 3 nitrogen and oxygen atoms in total. The lowest BCUT2D eigenvalue weighted by atomic mass is 9.84. The van der Waals surface area contributed by atoms with E-state index in [0.29, 0.717) is 5.92 Å². The predicted octanol–water partition coefficient (Wildman–Crippen LogP) is 1.54. The van der Waals surface area contributed by atoms with Gasteiger partial charge in [0, 0.05) is 12.6 Å². The first-order valence-electron chi connectivity index (χ1n) is 5.84. The highest BCUT2D eigenvalue weighted by Crippen LogP contribution is 2.21. The molecule has 15 heavy (non-hydrogen) atoms. The second kappa shape index (κ2) is 4.52. The van der Waals surface area contributed by atoms with Crippen LogP contribution in [-0.2, 0) is 4.79 Å². The number of nitrogens with one attached hydrogen (secondary N) is 2. The van der Waals surface area contributed by atoms with Crippen LogP contribution in [0.4, 0.5) is 0 Å². The molecule has 2 atom stereocenters. The molecule has 1 saturated heterocycles. The lowest BCUT2D eigenvalue weighted by molar-refractivity contribution is -0.127. The van der Waals surface area contributed by atoms with Gasteiger partial charge in [0.15, 0.2) is 0 Å². The number of amides is 1. The van der Waals surface area contributed by atoms with Crippen molar-refractivity contribution < 1.29 is 4.79 Å². The summed E-state index contributed by atoms with van der Waals surface area (Å²) in [7, 11) is 0. The normalized spacial score (nSPS) is 28.0. The summed E-state index contributed by atoms with van der Waals surface area (Å²) in [6, 6.07) is 0.247. The highest BCUT2D eigenvalue weighted by Gasteiger charge is 2.33. The van der Waals surface area contributed by atoms with Crippen LogP contribution < -0.4 is 10.6 Å². The van der Waals surface area contributed by atoms with E-state index in [9.17, 15) is 4.79 Å². The topological polar surface area (TPSA) is 41.1 Å². The fraction of sp³-hybridized carbons (Fsp3) is 0.917. The summed E-state index contributed by atoms with van der Waals surface area (Å²) < 4.78 is 0. The Bertz CT molecular complexity index is 230. The fourth-order valence-electron chi connectivity index (χ4n) is 1.86. The zero-order chi connectivity index (χ0) is 11.6. The molecule has 2 N–H and O–H groups in total. The summed E-state index contributed by atoms with van der Waals surface area (Å²) in [5.74, 6) is 0.717. The Balaban J connectivity index is 2.52. The third kappa shape index (κ3) is 3.49. The largest absolute Gasteiger partial charge is 0.350 e. The molecule has 1 heterocycles. The molecule has 88 valence electrons. The first-order chi connectivity index (χ1) is 6.80. The van der Waals surface area contributed by atoms with Crippen LogP contribution in [0.15, 0.2) is 0 Å². The number of carbonyl (C=O) groups excluding carboxylic acids is 1. The Morgan fingerprint density at radius 2 is 2.00 bits per heavy atom. The summed E-state index contributed by atoms with van der Waals surface area (Å²) >= 11 is 0. The first kappa shape index (κ1) is 12.5. The second-order valence-electron chi connectivity index (χ2n) is 6.02. The van der Waals surface area contributed by atoms with E-state index in [-0.39, 0.29) is 23.4 Å². The predicted molar refractivity (Wildman–Crippen MR) is 62.6 cm³/mol. The Hall–Kier alpha value is -0.570. The molecule has 0 aromatic carbocycles. The zero-order valence-electron chi connectivity index (χ0n) is 10.6. The Morgan fingerprint density at radius 3 is 2.40 bits per heavy atom. The van der Waals surface area contributed by atoms with Crippen LogP contribution in [0.2, 0.25) is 0 Å². The number of hydrogen-bond donors (Lipinski definition) is 2. The SMILES string of the molecule is CC(C)C[C@@H]1NC[C@H](C(C)(C)C)NC1=O. The number of carbonyl (C=O) groups is 1. The molecular formula is C12H24N2O. The quantitative estimate of drug-likeness (QED) is 0.729. The van der Waals surface area contributed by atoms with Crippen molar-refractivity contribution in [1.82, 2.24) is 10.6 Å². The molecule has 3 heteroatoms. The summed E-state index contributed by atoms with van der Waals surface area (Å²) in [6.45, 7) is 11.6. The Morgan fingerprint density at radius 1 is 1.40 bits per heavy atom. The standard InChI is InChI=1S/C12H24N2O/c1-8(2)6-9-11(15)14-10(7-13-9)12(3,4)5/h8-10,13H,6-7H2,1-5H3,(H,14,15)/t9-,10+/m0/s1. The number of rotatable bonds is 2. The molecule has 1 rings (SSSR count). The third-order valence-corrected chi connectivity index (χ3v) is 2.95. The summed E-state index contributed by atoms with van der Waals surface area (Å²) in [5.41, 5.74) is 0.130. The minimum Gasteiger partial charge on any atom is -0.350 e. The Kier molecular flexibility index (Phi) is 3.77. The van der Waals surface area contributed by atoms with Crippen molar-refractivity contribution in [2.45, 2.75) is 53.1 Å². The van der Waals surface area contributed by atoms with Crippen LogP contribution in [0.25, 0.3) is 0 Å². The summed E-state index contributed by atoms with van der Waals surface area (Å²) in [5, 5.41) is 6.46. The lowest BCUT2D eigenvalue weighted by Crippen LogP contribution is -2.62. The van der Waals surface area contributed by atoms with Gasteiger partial charge in [0.1, 0.15) is 0 Å². The molecule has 0 radical (unpaired) electrons. The van der Waals surface area contributed by atoms with Gasteiger partial charge in [-0.25, -0.2) is 0 Å². The highest BCUT2D eigenvalue weighted by atomic mass is 16.2. The number of hydrogen-bond acceptors (Lipinski definition) is 2. The van der Waals surface area contributed by atoms with Gasteiger partial charge in [-0.3, -0.25) is 4.79 Å². The molecule has 1 amide bonds. The molecule has 0 aliphatic carbocycles. The third-order valence-electron chi connectivity index (χ3n) is 2.95. The van der Waals surface area contributed by atoms with Crippen LogP contribution in [0.3, 0.4) is 0 Å². The van der Waals surface area contributed by atoms with Crippen molar-refractivity contribution in [1.29, 1.82) is 0 Å². The lowest BCUT2D eigenvalue weighted by Gasteiger charge is -2.38. The van der Waals surface area contributed by atoms with Gasteiger partial charge in [0.2, 0.25) is 5.91 Å². The van der Waals surface area contributed by atoms with E-state index < -0.39 is 0 Å². The first-order valence-corrected chi connectivity index (χ1v) is 5.84. The molecule has 1 fully saturated rings. The Labute approximate surface area is 93.0 Å². The van der Waals surface area contributed by atoms with Crippen molar-refractivity contribution in [3.05, 3.63) is 0 Å². The van der Waals surface area contributed by atoms with Gasteiger partial charge in [-0.15, -0.1) is 0 Å². The summed E-state index contributed by atoms with van der Waals surface area (Å²) in [4.78, 5) is 11.8. The van der Waals surface area contributed by atoms with Crippen molar-refractivity contribution >= 4 is 5.91 Å². The van der Waals surface area contributed by atoms with E-state index in [4.69, 9.17) is 0 Å². The fourth-order valence-corrected chi connectivity index (χ4v) is 1.86. The molecule has 0 unspecified atom stereocenters. The number of piperazine rings is 1. The monoisotopic (exact) mass is 212 g/mol. The van der Waals surface area contributed by atoms with Crippen LogP contribution >= 0.6 is 0 Å². The van der Waals surface area contributed by atoms with Gasteiger partial charge in [-0.05, 0) is 17.8 Å². The maximum absolute atomic E-state index is 11.8. The van der Waals surface area contributed by atoms with E-state index in [2.05, 4.69) is 45.3 Å². The van der Waals surface area contributed by atoms with E-state index in [0.717, 1.165) is 13.0 Å². The van der Waals surface area contributed by atoms with Gasteiger partial charge < -0.3 is 10.6 Å². The van der Waals surface area contributed by atoms with E-state index in [1.54, 1.807) is 0 Å².